The van der Waals surface area contributed by atoms with Crippen LogP contribution in [0.3, 0.4) is 0 Å². The molecule has 0 radical (unpaired) electrons. The van der Waals surface area contributed by atoms with Gasteiger partial charge in [-0.05, 0) is 29.8 Å². The third-order valence-corrected chi connectivity index (χ3v) is 5.25. The minimum Gasteiger partial charge on any atom is -0.497 e. The first-order valence-corrected chi connectivity index (χ1v) is 10.1. The molecule has 2 aromatic carbocycles. The highest BCUT2D eigenvalue weighted by molar-refractivity contribution is 5.91. The van der Waals surface area contributed by atoms with Crippen LogP contribution in [0.1, 0.15) is 21.9 Å². The Morgan fingerprint density at radius 1 is 1.07 bits per heavy atom. The van der Waals surface area contributed by atoms with Crippen molar-refractivity contribution in [1.29, 1.82) is 0 Å². The number of anilines is 1. The molecule has 1 amide bonds. The molecule has 4 rings (SSSR count). The predicted octanol–water partition coefficient (Wildman–Crippen LogP) is 2.94. The fourth-order valence-corrected chi connectivity index (χ4v) is 3.51. The van der Waals surface area contributed by atoms with E-state index in [4.69, 9.17) is 9.15 Å². The number of benzene rings is 2. The monoisotopic (exact) mass is 406 g/mol. The van der Waals surface area contributed by atoms with Crippen LogP contribution < -0.4 is 15.0 Å². The number of hydrogen-bond acceptors (Lipinski definition) is 6. The number of nitrogens with zero attached hydrogens (tertiary/aromatic N) is 3. The number of hydrogen-bond donors (Lipinski definition) is 1. The number of piperazine rings is 1. The first kappa shape index (κ1) is 20.0. The second kappa shape index (κ2) is 9.45. The normalized spacial score (nSPS) is 14.5. The highest BCUT2D eigenvalue weighted by Gasteiger charge is 2.20. The molecule has 1 aliphatic heterocycles. The van der Waals surface area contributed by atoms with E-state index in [-0.39, 0.29) is 5.91 Å². The molecular weight excluding hydrogens is 380 g/mol. The van der Waals surface area contributed by atoms with Gasteiger partial charge in [0.15, 0.2) is 5.69 Å². The number of rotatable bonds is 7. The number of ether oxygens (including phenoxy) is 1. The van der Waals surface area contributed by atoms with Crippen LogP contribution in [-0.2, 0) is 13.1 Å². The van der Waals surface area contributed by atoms with E-state index in [1.165, 1.54) is 12.0 Å². The van der Waals surface area contributed by atoms with Crippen molar-refractivity contribution < 1.29 is 13.9 Å². The molecule has 0 saturated carbocycles. The van der Waals surface area contributed by atoms with Crippen molar-refractivity contribution in [3.63, 3.8) is 0 Å². The summed E-state index contributed by atoms with van der Waals surface area (Å²) in [4.78, 5) is 21.3. The number of nitrogens with one attached hydrogen (secondary N) is 1. The topological polar surface area (TPSA) is 70.8 Å². The summed E-state index contributed by atoms with van der Waals surface area (Å²) < 4.78 is 10.8. The lowest BCUT2D eigenvalue weighted by Gasteiger charge is -2.35. The van der Waals surface area contributed by atoms with E-state index in [9.17, 15) is 4.79 Å². The molecule has 156 valence electrons. The standard InChI is InChI=1S/C23H26N4O3/c1-29-20-9-7-19(8-10-20)27-13-11-26(12-14-27)16-22-25-21(17-30-22)23(28)24-15-18-5-3-2-4-6-18/h2-10,17H,11-16H2,1H3,(H,24,28). The molecule has 30 heavy (non-hydrogen) atoms. The highest BCUT2D eigenvalue weighted by Crippen LogP contribution is 2.21. The summed E-state index contributed by atoms with van der Waals surface area (Å²) in [5.74, 6) is 1.21. The van der Waals surface area contributed by atoms with Crippen molar-refractivity contribution in [3.8, 4) is 5.75 Å². The Morgan fingerprint density at radius 2 is 1.80 bits per heavy atom. The molecule has 1 aliphatic rings. The van der Waals surface area contributed by atoms with Crippen molar-refractivity contribution in [2.45, 2.75) is 13.1 Å². The van der Waals surface area contributed by atoms with Gasteiger partial charge in [-0.2, -0.15) is 0 Å². The zero-order chi connectivity index (χ0) is 20.8. The molecule has 0 unspecified atom stereocenters. The average Bonchev–Trinajstić information content (AvgIpc) is 3.27. The van der Waals surface area contributed by atoms with Crippen molar-refractivity contribution >= 4 is 11.6 Å². The van der Waals surface area contributed by atoms with Gasteiger partial charge in [0, 0.05) is 38.4 Å². The van der Waals surface area contributed by atoms with Crippen molar-refractivity contribution in [1.82, 2.24) is 15.2 Å². The Morgan fingerprint density at radius 3 is 2.50 bits per heavy atom. The molecule has 1 aromatic heterocycles. The smallest absolute Gasteiger partial charge is 0.273 e. The van der Waals surface area contributed by atoms with Gasteiger partial charge in [0.1, 0.15) is 12.0 Å². The number of aromatic nitrogens is 1. The van der Waals surface area contributed by atoms with Crippen molar-refractivity contribution in [3.05, 3.63) is 78.0 Å². The van der Waals surface area contributed by atoms with E-state index < -0.39 is 0 Å². The quantitative estimate of drug-likeness (QED) is 0.651. The largest absolute Gasteiger partial charge is 0.497 e. The van der Waals surface area contributed by atoms with Crippen LogP contribution in [0.15, 0.2) is 65.3 Å². The lowest BCUT2D eigenvalue weighted by Crippen LogP contribution is -2.46. The molecular formula is C23H26N4O3. The molecule has 1 fully saturated rings. The van der Waals surface area contributed by atoms with Crippen LogP contribution in [0.2, 0.25) is 0 Å². The zero-order valence-electron chi connectivity index (χ0n) is 17.1. The molecule has 0 aliphatic carbocycles. The SMILES string of the molecule is COc1ccc(N2CCN(Cc3nc(C(=O)NCc4ccccc4)co3)CC2)cc1. The van der Waals surface area contributed by atoms with Gasteiger partial charge in [0.25, 0.3) is 5.91 Å². The van der Waals surface area contributed by atoms with Crippen LogP contribution in [0, 0.1) is 0 Å². The summed E-state index contributed by atoms with van der Waals surface area (Å²) in [6.07, 6.45) is 1.43. The lowest BCUT2D eigenvalue weighted by molar-refractivity contribution is 0.0945. The molecule has 0 bridgehead atoms. The summed E-state index contributed by atoms with van der Waals surface area (Å²) in [7, 11) is 1.68. The fraction of sp³-hybridized carbons (Fsp3) is 0.304. The third-order valence-electron chi connectivity index (χ3n) is 5.25. The van der Waals surface area contributed by atoms with E-state index in [0.29, 0.717) is 24.7 Å². The molecule has 0 spiro atoms. The van der Waals surface area contributed by atoms with E-state index in [1.807, 2.05) is 42.5 Å². The van der Waals surface area contributed by atoms with Crippen LogP contribution >= 0.6 is 0 Å². The Bertz CT molecular complexity index is 948. The minimum atomic E-state index is -0.224. The highest BCUT2D eigenvalue weighted by atomic mass is 16.5. The fourth-order valence-electron chi connectivity index (χ4n) is 3.51. The molecule has 2 heterocycles. The maximum atomic E-state index is 12.3. The first-order valence-electron chi connectivity index (χ1n) is 10.1. The van der Waals surface area contributed by atoms with Crippen molar-refractivity contribution in [2.24, 2.45) is 0 Å². The van der Waals surface area contributed by atoms with Crippen LogP contribution in [0.25, 0.3) is 0 Å². The minimum absolute atomic E-state index is 0.224. The summed E-state index contributed by atoms with van der Waals surface area (Å²) >= 11 is 0. The number of carbonyl (C=O) groups excluding carboxylic acids is 1. The van der Waals surface area contributed by atoms with Crippen LogP contribution in [0.4, 0.5) is 5.69 Å². The predicted molar refractivity (Wildman–Crippen MR) is 115 cm³/mol. The van der Waals surface area contributed by atoms with Gasteiger partial charge in [-0.1, -0.05) is 30.3 Å². The molecule has 7 heteroatoms. The lowest BCUT2D eigenvalue weighted by atomic mass is 10.2. The van der Waals surface area contributed by atoms with Gasteiger partial charge in [0.2, 0.25) is 5.89 Å². The second-order valence-corrected chi connectivity index (χ2v) is 7.26. The van der Waals surface area contributed by atoms with Gasteiger partial charge < -0.3 is 19.4 Å². The number of oxazole rings is 1. The third kappa shape index (κ3) is 4.99. The zero-order valence-corrected chi connectivity index (χ0v) is 17.1. The molecule has 0 atom stereocenters. The maximum absolute atomic E-state index is 12.3. The molecule has 7 nitrogen and oxygen atoms in total. The van der Waals surface area contributed by atoms with Gasteiger partial charge >= 0.3 is 0 Å². The number of amides is 1. The Labute approximate surface area is 176 Å². The van der Waals surface area contributed by atoms with Crippen molar-refractivity contribution in [2.75, 3.05) is 38.2 Å². The summed E-state index contributed by atoms with van der Waals surface area (Å²) in [6.45, 7) is 4.74. The Kier molecular flexibility index (Phi) is 6.29. The summed E-state index contributed by atoms with van der Waals surface area (Å²) in [6, 6.07) is 17.9. The van der Waals surface area contributed by atoms with Gasteiger partial charge in [-0.25, -0.2) is 4.98 Å². The van der Waals surface area contributed by atoms with Gasteiger partial charge in [0.05, 0.1) is 13.7 Å². The average molecular weight is 406 g/mol. The first-order chi connectivity index (χ1) is 14.7. The number of carbonyl (C=O) groups is 1. The van der Waals surface area contributed by atoms with Crippen LogP contribution in [-0.4, -0.2) is 49.1 Å². The second-order valence-electron chi connectivity index (χ2n) is 7.26. The van der Waals surface area contributed by atoms with E-state index in [1.54, 1.807) is 7.11 Å². The number of methoxy groups -OCH3 is 1. The molecule has 1 N–H and O–H groups in total. The van der Waals surface area contributed by atoms with Gasteiger partial charge in [-0.3, -0.25) is 9.69 Å². The molecule has 3 aromatic rings. The Balaban J connectivity index is 1.25. The molecule has 1 saturated heterocycles. The van der Waals surface area contributed by atoms with E-state index in [0.717, 1.165) is 37.5 Å². The Hall–Kier alpha value is -3.32. The van der Waals surface area contributed by atoms with Gasteiger partial charge in [-0.15, -0.1) is 0 Å². The van der Waals surface area contributed by atoms with E-state index in [2.05, 4.69) is 32.2 Å². The van der Waals surface area contributed by atoms with E-state index >= 15 is 0 Å². The van der Waals surface area contributed by atoms with Crippen LogP contribution in [0.5, 0.6) is 5.75 Å². The summed E-state index contributed by atoms with van der Waals surface area (Å²) in [5.41, 5.74) is 2.56. The maximum Gasteiger partial charge on any atom is 0.273 e. The summed E-state index contributed by atoms with van der Waals surface area (Å²) in [5, 5.41) is 2.87.